The van der Waals surface area contributed by atoms with Crippen LogP contribution >= 0.6 is 0 Å². The van der Waals surface area contributed by atoms with Gasteiger partial charge < -0.3 is 10.2 Å². The quantitative estimate of drug-likeness (QED) is 0.181. The summed E-state index contributed by atoms with van der Waals surface area (Å²) < 4.78 is 0. The Balaban J connectivity index is 0.000000167. The molecule has 8 rings (SSSR count). The fourth-order valence-electron chi connectivity index (χ4n) is 6.72. The van der Waals surface area contributed by atoms with Gasteiger partial charge in [0.25, 0.3) is 0 Å². The monoisotopic (exact) mass is 694 g/mol. The van der Waals surface area contributed by atoms with E-state index in [-0.39, 0.29) is 11.5 Å². The van der Waals surface area contributed by atoms with E-state index in [4.69, 9.17) is 0 Å². The summed E-state index contributed by atoms with van der Waals surface area (Å²) >= 11 is 0. The molecule has 0 radical (unpaired) electrons. The molecule has 0 fully saturated rings. The van der Waals surface area contributed by atoms with Crippen molar-refractivity contribution in [3.8, 4) is 90.4 Å². The Morgan fingerprint density at radius 2 is 0.519 bits per heavy atom. The highest BCUT2D eigenvalue weighted by Crippen LogP contribution is 2.46. The van der Waals surface area contributed by atoms with Crippen molar-refractivity contribution in [3.63, 3.8) is 0 Å². The smallest absolute Gasteiger partial charge is 0.132 e. The number of phenols is 2. The molecule has 0 aliphatic heterocycles. The van der Waals surface area contributed by atoms with E-state index in [9.17, 15) is 20.7 Å². The van der Waals surface area contributed by atoms with Gasteiger partial charge in [-0.25, -0.2) is 0 Å². The van der Waals surface area contributed by atoms with Gasteiger partial charge in [0.1, 0.15) is 23.6 Å². The van der Waals surface area contributed by atoms with Gasteiger partial charge in [-0.05, 0) is 45.5 Å². The van der Waals surface area contributed by atoms with E-state index in [1.807, 2.05) is 194 Å². The second-order valence-corrected chi connectivity index (χ2v) is 12.6. The average Bonchev–Trinajstić information content (AvgIpc) is 3.25. The second kappa shape index (κ2) is 16.1. The molecule has 0 aliphatic rings. The summed E-state index contributed by atoms with van der Waals surface area (Å²) in [6.07, 6.45) is 0. The lowest BCUT2D eigenvalue weighted by atomic mass is 9.87. The van der Waals surface area contributed by atoms with Crippen molar-refractivity contribution in [3.05, 3.63) is 205 Å². The molecule has 0 amide bonds. The second-order valence-electron chi connectivity index (χ2n) is 12.6. The number of hydrogen-bond donors (Lipinski definition) is 2. The normalized spacial score (nSPS) is 10.3. The summed E-state index contributed by atoms with van der Waals surface area (Å²) in [5.41, 5.74) is 10.5. The molecule has 0 saturated carbocycles. The molecule has 0 spiro atoms. The first kappa shape index (κ1) is 34.8. The molecule has 4 heteroatoms. The van der Waals surface area contributed by atoms with Crippen LogP contribution in [0.3, 0.4) is 0 Å². The van der Waals surface area contributed by atoms with Crippen LogP contribution in [0, 0.1) is 22.7 Å². The summed E-state index contributed by atoms with van der Waals surface area (Å²) in [5.74, 6) is 0.257. The van der Waals surface area contributed by atoms with Gasteiger partial charge in [0.15, 0.2) is 0 Å². The highest BCUT2D eigenvalue weighted by atomic mass is 16.3. The van der Waals surface area contributed by atoms with Gasteiger partial charge >= 0.3 is 0 Å². The van der Waals surface area contributed by atoms with Crippen LogP contribution in [0.5, 0.6) is 11.5 Å². The maximum absolute atomic E-state index is 11.1. The van der Waals surface area contributed by atoms with Gasteiger partial charge in [0.05, 0.1) is 11.1 Å². The molecule has 0 heterocycles. The number of phenolic OH excluding ortho intramolecular Hbond substituents is 2. The van der Waals surface area contributed by atoms with Crippen molar-refractivity contribution < 1.29 is 10.2 Å². The topological polar surface area (TPSA) is 88.0 Å². The van der Waals surface area contributed by atoms with E-state index in [0.717, 1.165) is 44.5 Å². The molecule has 256 valence electrons. The molecular formula is C50H34N2O2. The minimum Gasteiger partial charge on any atom is -0.507 e. The van der Waals surface area contributed by atoms with Crippen LogP contribution < -0.4 is 0 Å². The van der Waals surface area contributed by atoms with E-state index in [1.54, 1.807) is 0 Å². The summed E-state index contributed by atoms with van der Waals surface area (Å²) in [6, 6.07) is 66.8. The molecule has 8 aromatic rings. The van der Waals surface area contributed by atoms with Crippen molar-refractivity contribution in [2.24, 2.45) is 0 Å². The zero-order valence-corrected chi connectivity index (χ0v) is 29.3. The highest BCUT2D eigenvalue weighted by Gasteiger charge is 2.22. The lowest BCUT2D eigenvalue weighted by Gasteiger charge is -2.17. The summed E-state index contributed by atoms with van der Waals surface area (Å²) in [5, 5.41) is 42.1. The Morgan fingerprint density at radius 3 is 0.759 bits per heavy atom. The Hall–Kier alpha value is -7.66. The number of nitriles is 2. The lowest BCUT2D eigenvalue weighted by Crippen LogP contribution is -1.94. The number of hydrogen-bond acceptors (Lipinski definition) is 4. The van der Waals surface area contributed by atoms with Crippen LogP contribution in [-0.2, 0) is 0 Å². The average molecular weight is 695 g/mol. The standard InChI is InChI=1S/2C25H17NO/c2*26-17-23-21(18-10-4-1-5-11-18)16-22(19-12-6-2-7-13-19)25(27)24(23)20-14-8-3-9-15-20/h2*1-16,27H. The molecule has 8 aromatic carbocycles. The summed E-state index contributed by atoms with van der Waals surface area (Å²) in [7, 11) is 0. The Bertz CT molecular complexity index is 2410. The van der Waals surface area contributed by atoms with Crippen molar-refractivity contribution in [1.29, 1.82) is 10.5 Å². The number of nitrogens with zero attached hydrogens (tertiary/aromatic N) is 2. The van der Waals surface area contributed by atoms with Crippen LogP contribution in [0.1, 0.15) is 11.1 Å². The van der Waals surface area contributed by atoms with E-state index < -0.39 is 0 Å². The molecule has 0 unspecified atom stereocenters. The van der Waals surface area contributed by atoms with Crippen molar-refractivity contribution in [2.75, 3.05) is 0 Å². The molecule has 0 aromatic heterocycles. The van der Waals surface area contributed by atoms with Gasteiger partial charge in [0.2, 0.25) is 0 Å². The van der Waals surface area contributed by atoms with E-state index in [2.05, 4.69) is 12.1 Å². The fourth-order valence-corrected chi connectivity index (χ4v) is 6.72. The van der Waals surface area contributed by atoms with E-state index >= 15 is 0 Å². The predicted octanol–water partition coefficient (Wildman–Crippen LogP) is 12.5. The van der Waals surface area contributed by atoms with Crippen LogP contribution in [0.15, 0.2) is 194 Å². The molecule has 0 saturated heterocycles. The zero-order valence-electron chi connectivity index (χ0n) is 29.3. The minimum atomic E-state index is 0.128. The molecular weight excluding hydrogens is 661 g/mol. The van der Waals surface area contributed by atoms with Crippen LogP contribution in [0.25, 0.3) is 66.8 Å². The van der Waals surface area contributed by atoms with Crippen molar-refractivity contribution >= 4 is 0 Å². The summed E-state index contributed by atoms with van der Waals surface area (Å²) in [4.78, 5) is 0. The Morgan fingerprint density at radius 1 is 0.296 bits per heavy atom. The Kier molecular flexibility index (Phi) is 10.4. The number of benzene rings is 8. The molecule has 0 atom stereocenters. The van der Waals surface area contributed by atoms with Gasteiger partial charge in [-0.1, -0.05) is 182 Å². The van der Waals surface area contributed by atoms with Crippen molar-refractivity contribution in [1.82, 2.24) is 0 Å². The zero-order chi connectivity index (χ0) is 37.3. The number of rotatable bonds is 6. The highest BCUT2D eigenvalue weighted by molar-refractivity contribution is 5.94. The molecule has 2 N–H and O–H groups in total. The third kappa shape index (κ3) is 7.10. The first-order valence-corrected chi connectivity index (χ1v) is 17.5. The minimum absolute atomic E-state index is 0.128. The predicted molar refractivity (Wildman–Crippen MR) is 218 cm³/mol. The van der Waals surface area contributed by atoms with Crippen molar-refractivity contribution in [2.45, 2.75) is 0 Å². The molecule has 0 aliphatic carbocycles. The Labute approximate surface area is 315 Å². The maximum atomic E-state index is 11.1. The molecule has 54 heavy (non-hydrogen) atoms. The lowest BCUT2D eigenvalue weighted by molar-refractivity contribution is 0.478. The third-order valence-corrected chi connectivity index (χ3v) is 9.29. The summed E-state index contributed by atoms with van der Waals surface area (Å²) in [6.45, 7) is 0. The number of aromatic hydroxyl groups is 2. The first-order valence-electron chi connectivity index (χ1n) is 17.5. The molecule has 0 bridgehead atoms. The van der Waals surface area contributed by atoms with Crippen LogP contribution in [0.4, 0.5) is 0 Å². The first-order chi connectivity index (χ1) is 26.6. The van der Waals surface area contributed by atoms with E-state index in [0.29, 0.717) is 33.4 Å². The molecule has 4 nitrogen and oxygen atoms in total. The third-order valence-electron chi connectivity index (χ3n) is 9.29. The SMILES string of the molecule is N#Cc1c(-c2ccccc2)cc(-c2ccccc2)c(O)c1-c1ccccc1.N#Cc1c(-c2ccccc2)cc(-c2ccccc2)c(O)c1-c1ccccc1. The van der Waals surface area contributed by atoms with Gasteiger partial charge in [0, 0.05) is 33.4 Å². The fraction of sp³-hybridized carbons (Fsp3) is 0. The van der Waals surface area contributed by atoms with E-state index in [1.165, 1.54) is 0 Å². The largest absolute Gasteiger partial charge is 0.507 e. The van der Waals surface area contributed by atoms with Gasteiger partial charge in [-0.3, -0.25) is 0 Å². The maximum Gasteiger partial charge on any atom is 0.132 e. The van der Waals surface area contributed by atoms with Gasteiger partial charge in [-0.15, -0.1) is 0 Å². The van der Waals surface area contributed by atoms with Gasteiger partial charge in [-0.2, -0.15) is 10.5 Å². The van der Waals surface area contributed by atoms with Crippen LogP contribution in [-0.4, -0.2) is 10.2 Å². The van der Waals surface area contributed by atoms with Crippen LogP contribution in [0.2, 0.25) is 0 Å².